The normalized spacial score (nSPS) is 11.9. The van der Waals surface area contributed by atoms with Crippen LogP contribution in [0.15, 0.2) is 66.7 Å². The number of hydrogen-bond acceptors (Lipinski definition) is 3. The van der Waals surface area contributed by atoms with Gasteiger partial charge in [0.25, 0.3) is 0 Å². The van der Waals surface area contributed by atoms with Crippen LogP contribution >= 0.6 is 0 Å². The molecule has 9 heteroatoms. The molecule has 0 aliphatic rings. The molecule has 170 valence electrons. The lowest BCUT2D eigenvalue weighted by Gasteiger charge is -2.15. The molecule has 3 N–H and O–H groups in total. The number of aromatic carboxylic acids is 1. The van der Waals surface area contributed by atoms with Crippen LogP contribution in [0.4, 0.5) is 17.6 Å². The zero-order valence-corrected chi connectivity index (χ0v) is 17.1. The summed E-state index contributed by atoms with van der Waals surface area (Å²) in [5.74, 6) is -3.13. The van der Waals surface area contributed by atoms with Crippen LogP contribution in [0.2, 0.25) is 0 Å². The number of carboxylic acids is 1. The Bertz CT molecular complexity index is 1590. The average molecular weight is 466 g/mol. The number of aromatic amines is 1. The van der Waals surface area contributed by atoms with Gasteiger partial charge < -0.3 is 15.2 Å². The number of phenols is 1. The summed E-state index contributed by atoms with van der Waals surface area (Å²) in [6.45, 7) is 0. The van der Waals surface area contributed by atoms with Gasteiger partial charge in [0.05, 0.1) is 27.6 Å². The van der Waals surface area contributed by atoms with Gasteiger partial charge in [0.1, 0.15) is 22.9 Å². The third-order valence-electron chi connectivity index (χ3n) is 5.56. The Hall–Kier alpha value is -4.40. The van der Waals surface area contributed by atoms with Crippen LogP contribution in [0.5, 0.6) is 5.75 Å². The van der Waals surface area contributed by atoms with Crippen molar-refractivity contribution in [3.05, 3.63) is 83.7 Å². The van der Waals surface area contributed by atoms with E-state index < -0.39 is 34.8 Å². The highest BCUT2D eigenvalue weighted by Gasteiger charge is 2.37. The van der Waals surface area contributed by atoms with Crippen molar-refractivity contribution in [2.45, 2.75) is 6.18 Å². The topological polar surface area (TPSA) is 86.2 Å². The number of H-pyrrole nitrogens is 1. The lowest BCUT2D eigenvalue weighted by atomic mass is 9.97. The van der Waals surface area contributed by atoms with Crippen LogP contribution in [-0.2, 0) is 6.18 Å². The number of phenolic OH excluding ortho intramolecular Hbond substituents is 1. The fourth-order valence-electron chi connectivity index (χ4n) is 4.04. The van der Waals surface area contributed by atoms with E-state index in [4.69, 9.17) is 0 Å². The summed E-state index contributed by atoms with van der Waals surface area (Å²) < 4.78 is 57.1. The van der Waals surface area contributed by atoms with E-state index >= 15 is 4.39 Å². The first-order valence-corrected chi connectivity index (χ1v) is 9.99. The summed E-state index contributed by atoms with van der Waals surface area (Å²) in [5, 5.41) is 20.1. The minimum absolute atomic E-state index is 0.0251. The lowest BCUT2D eigenvalue weighted by Crippen LogP contribution is -2.10. The number of aromatic hydroxyl groups is 1. The minimum atomic E-state index is -4.86. The van der Waals surface area contributed by atoms with Crippen molar-refractivity contribution in [2.75, 3.05) is 0 Å². The Morgan fingerprint density at radius 1 is 0.971 bits per heavy atom. The highest BCUT2D eigenvalue weighted by atomic mass is 19.4. The molecule has 0 bridgehead atoms. The van der Waals surface area contributed by atoms with Crippen LogP contribution in [0.3, 0.4) is 0 Å². The Morgan fingerprint density at radius 2 is 1.71 bits per heavy atom. The molecule has 0 atom stereocenters. The standard InChI is InChI=1S/C25H14F4N2O3/c26-21-15(12-4-2-1-3-5-12)7-8-16(25(27,28)29)20(21)23-30-17-9-6-13-10-14(24(33)34)11-18(32)19(13)22(17)31-23/h1-11,32H,(H,30,31)(H,33,34). The molecule has 0 fully saturated rings. The summed E-state index contributed by atoms with van der Waals surface area (Å²) in [6, 6.07) is 15.4. The van der Waals surface area contributed by atoms with Crippen LogP contribution in [0, 0.1) is 5.82 Å². The predicted molar refractivity (Wildman–Crippen MR) is 118 cm³/mol. The second-order valence-electron chi connectivity index (χ2n) is 7.66. The number of fused-ring (bicyclic) bond motifs is 3. The summed E-state index contributed by atoms with van der Waals surface area (Å²) in [6.07, 6.45) is -4.86. The predicted octanol–water partition coefficient (Wildman–Crippen LogP) is 6.61. The Labute approximate surface area is 188 Å². The van der Waals surface area contributed by atoms with Crippen molar-refractivity contribution in [1.82, 2.24) is 9.97 Å². The zero-order chi connectivity index (χ0) is 24.2. The molecule has 1 aromatic heterocycles. The highest BCUT2D eigenvalue weighted by Crippen LogP contribution is 2.42. The molecule has 5 nitrogen and oxygen atoms in total. The second kappa shape index (κ2) is 7.58. The maximum Gasteiger partial charge on any atom is 0.417 e. The molecule has 0 amide bonds. The van der Waals surface area contributed by atoms with Gasteiger partial charge in [0.2, 0.25) is 0 Å². The molecular weight excluding hydrogens is 452 g/mol. The number of imidazole rings is 1. The van der Waals surface area contributed by atoms with Crippen molar-refractivity contribution < 1.29 is 32.6 Å². The molecule has 0 unspecified atom stereocenters. The maximum absolute atomic E-state index is 15.6. The van der Waals surface area contributed by atoms with Gasteiger partial charge in [-0.3, -0.25) is 0 Å². The Balaban J connectivity index is 1.80. The Kier molecular flexibility index (Phi) is 4.78. The monoisotopic (exact) mass is 466 g/mol. The SMILES string of the molecule is O=C(O)c1cc(O)c2c(ccc3[nH]c(-c4c(C(F)(F)F)ccc(-c5ccccc5)c4F)nc32)c1. The molecule has 0 aliphatic carbocycles. The molecule has 0 saturated heterocycles. The molecule has 0 saturated carbocycles. The quantitative estimate of drug-likeness (QED) is 0.261. The van der Waals surface area contributed by atoms with Crippen molar-refractivity contribution in [1.29, 1.82) is 0 Å². The van der Waals surface area contributed by atoms with E-state index in [9.17, 15) is 28.2 Å². The molecule has 5 aromatic rings. The third kappa shape index (κ3) is 3.42. The molecule has 0 radical (unpaired) electrons. The van der Waals surface area contributed by atoms with Crippen LogP contribution in [0.25, 0.3) is 44.3 Å². The fourth-order valence-corrected chi connectivity index (χ4v) is 4.04. The van der Waals surface area contributed by atoms with E-state index in [1.54, 1.807) is 30.3 Å². The van der Waals surface area contributed by atoms with Crippen LogP contribution in [-0.4, -0.2) is 26.2 Å². The molecule has 5 rings (SSSR count). The average Bonchev–Trinajstić information content (AvgIpc) is 3.22. The number of halogens is 4. The van der Waals surface area contributed by atoms with Gasteiger partial charge in [-0.25, -0.2) is 14.2 Å². The smallest absolute Gasteiger partial charge is 0.417 e. The van der Waals surface area contributed by atoms with Crippen LogP contribution < -0.4 is 0 Å². The van der Waals surface area contributed by atoms with E-state index in [1.165, 1.54) is 18.2 Å². The van der Waals surface area contributed by atoms with Gasteiger partial charge in [0, 0.05) is 5.56 Å². The minimum Gasteiger partial charge on any atom is -0.507 e. The summed E-state index contributed by atoms with van der Waals surface area (Å²) in [4.78, 5) is 18.2. The van der Waals surface area contributed by atoms with E-state index in [0.29, 0.717) is 10.9 Å². The number of carbonyl (C=O) groups is 1. The first-order valence-electron chi connectivity index (χ1n) is 9.99. The van der Waals surface area contributed by atoms with E-state index in [1.807, 2.05) is 0 Å². The summed E-state index contributed by atoms with van der Waals surface area (Å²) in [7, 11) is 0. The number of carboxylic acid groups (broad SMARTS) is 1. The molecule has 34 heavy (non-hydrogen) atoms. The van der Waals surface area contributed by atoms with E-state index in [-0.39, 0.29) is 33.4 Å². The maximum atomic E-state index is 15.6. The zero-order valence-electron chi connectivity index (χ0n) is 17.1. The second-order valence-corrected chi connectivity index (χ2v) is 7.66. The molecule has 0 aliphatic heterocycles. The number of hydrogen-bond donors (Lipinski definition) is 3. The summed E-state index contributed by atoms with van der Waals surface area (Å²) in [5.41, 5.74) is -1.41. The van der Waals surface area contributed by atoms with Gasteiger partial charge >= 0.3 is 12.1 Å². The first kappa shape index (κ1) is 21.4. The van der Waals surface area contributed by atoms with Crippen molar-refractivity contribution in [3.8, 4) is 28.3 Å². The lowest BCUT2D eigenvalue weighted by molar-refractivity contribution is -0.137. The van der Waals surface area contributed by atoms with Crippen LogP contribution in [0.1, 0.15) is 15.9 Å². The molecule has 0 spiro atoms. The molecular formula is C25H14F4N2O3. The third-order valence-corrected chi connectivity index (χ3v) is 5.56. The van der Waals surface area contributed by atoms with Gasteiger partial charge in [-0.15, -0.1) is 0 Å². The highest BCUT2D eigenvalue weighted by molar-refractivity contribution is 6.10. The largest absolute Gasteiger partial charge is 0.507 e. The Morgan fingerprint density at radius 3 is 2.38 bits per heavy atom. The molecule has 1 heterocycles. The van der Waals surface area contributed by atoms with E-state index in [0.717, 1.165) is 18.2 Å². The van der Waals surface area contributed by atoms with Gasteiger partial charge in [-0.2, -0.15) is 13.2 Å². The fraction of sp³-hybridized carbons (Fsp3) is 0.0400. The first-order chi connectivity index (χ1) is 16.1. The van der Waals surface area contributed by atoms with E-state index in [2.05, 4.69) is 9.97 Å². The number of nitrogens with one attached hydrogen (secondary N) is 1. The van der Waals surface area contributed by atoms with Crippen molar-refractivity contribution in [3.63, 3.8) is 0 Å². The van der Waals surface area contributed by atoms with Gasteiger partial charge in [-0.05, 0) is 35.2 Å². The number of alkyl halides is 3. The number of rotatable bonds is 3. The summed E-state index contributed by atoms with van der Waals surface area (Å²) >= 11 is 0. The van der Waals surface area contributed by atoms with Crippen molar-refractivity contribution >= 4 is 27.8 Å². The molecule has 4 aromatic carbocycles. The van der Waals surface area contributed by atoms with Gasteiger partial charge in [-0.1, -0.05) is 42.5 Å². The number of benzene rings is 4. The number of nitrogens with zero attached hydrogens (tertiary/aromatic N) is 1. The van der Waals surface area contributed by atoms with Gasteiger partial charge in [0.15, 0.2) is 0 Å². The van der Waals surface area contributed by atoms with Crippen molar-refractivity contribution in [2.24, 2.45) is 0 Å². The number of aromatic nitrogens is 2.